The minimum absolute atomic E-state index is 0.120. The zero-order valence-electron chi connectivity index (χ0n) is 19.3. The summed E-state index contributed by atoms with van der Waals surface area (Å²) in [5.41, 5.74) is 1.83. The van der Waals surface area contributed by atoms with Gasteiger partial charge in [0.25, 0.3) is 0 Å². The van der Waals surface area contributed by atoms with Gasteiger partial charge in [-0.15, -0.1) is 10.2 Å². The summed E-state index contributed by atoms with van der Waals surface area (Å²) in [5.74, 6) is 1.58. The summed E-state index contributed by atoms with van der Waals surface area (Å²) in [6.07, 6.45) is -0.466. The molecule has 1 aromatic heterocycles. The quantitative estimate of drug-likeness (QED) is 0.315. The number of amides is 1. The lowest BCUT2D eigenvalue weighted by atomic mass is 10.2. The third-order valence-corrected chi connectivity index (χ3v) is 6.07. The van der Waals surface area contributed by atoms with Crippen LogP contribution >= 0.6 is 11.8 Å². The Morgan fingerprint density at radius 2 is 1.69 bits per heavy atom. The van der Waals surface area contributed by atoms with Crippen LogP contribution < -0.4 is 14.8 Å². The molecule has 0 aliphatic rings. The third-order valence-electron chi connectivity index (χ3n) is 5.14. The van der Waals surface area contributed by atoms with Crippen LogP contribution in [0.25, 0.3) is 5.69 Å². The largest absolute Gasteiger partial charge is 0.497 e. The summed E-state index contributed by atoms with van der Waals surface area (Å²) in [6, 6.07) is 23.0. The predicted octanol–water partition coefficient (Wildman–Crippen LogP) is 4.96. The van der Waals surface area contributed by atoms with Crippen LogP contribution in [0.2, 0.25) is 0 Å². The van der Waals surface area contributed by atoms with Crippen LogP contribution in [0.3, 0.4) is 0 Å². The molecule has 3 aromatic carbocycles. The third kappa shape index (κ3) is 6.39. The van der Waals surface area contributed by atoms with Crippen molar-refractivity contribution in [1.82, 2.24) is 20.1 Å². The van der Waals surface area contributed by atoms with Crippen molar-refractivity contribution in [1.29, 1.82) is 0 Å². The molecule has 4 aromatic rings. The minimum atomic E-state index is -0.466. The smallest absolute Gasteiger partial charge is 0.230 e. The highest BCUT2D eigenvalue weighted by atomic mass is 32.2. The lowest BCUT2D eigenvalue weighted by molar-refractivity contribution is -0.118. The maximum absolute atomic E-state index is 13.2. The number of hydrogen-bond donors (Lipinski definition) is 1. The Morgan fingerprint density at radius 1 is 1.00 bits per heavy atom. The Labute approximate surface area is 207 Å². The zero-order chi connectivity index (χ0) is 24.6. The van der Waals surface area contributed by atoms with Gasteiger partial charge in [0.05, 0.1) is 12.9 Å². The molecule has 4 rings (SSSR count). The first-order valence-corrected chi connectivity index (χ1v) is 12.0. The number of thioether (sulfide) groups is 1. The SMILES string of the molecule is COc1ccc(CNC(=O)CSc2nnc(C(C)Oc3ccc(F)cc3)n2-c2ccccc2)cc1. The van der Waals surface area contributed by atoms with Gasteiger partial charge in [-0.3, -0.25) is 9.36 Å². The number of carbonyl (C=O) groups excluding carboxylic acids is 1. The van der Waals surface area contributed by atoms with Crippen molar-refractivity contribution in [3.63, 3.8) is 0 Å². The molecule has 0 aliphatic carbocycles. The molecule has 0 aliphatic heterocycles. The number of aromatic nitrogens is 3. The first-order chi connectivity index (χ1) is 17.0. The summed E-state index contributed by atoms with van der Waals surface area (Å²) in [7, 11) is 1.61. The van der Waals surface area contributed by atoms with Gasteiger partial charge in [0.1, 0.15) is 17.3 Å². The van der Waals surface area contributed by atoms with Crippen LogP contribution in [0.4, 0.5) is 4.39 Å². The van der Waals surface area contributed by atoms with Crippen LogP contribution in [0.1, 0.15) is 24.4 Å². The molecule has 180 valence electrons. The average Bonchev–Trinajstić information content (AvgIpc) is 3.32. The van der Waals surface area contributed by atoms with Crippen LogP contribution in [0.15, 0.2) is 84.0 Å². The summed E-state index contributed by atoms with van der Waals surface area (Å²) in [4.78, 5) is 12.5. The van der Waals surface area contributed by atoms with Gasteiger partial charge in [-0.2, -0.15) is 0 Å². The fraction of sp³-hybridized carbons (Fsp3) is 0.192. The number of methoxy groups -OCH3 is 1. The molecule has 0 bridgehead atoms. The Kier molecular flexibility index (Phi) is 7.99. The molecule has 1 atom stereocenters. The van der Waals surface area contributed by atoms with Crippen molar-refractivity contribution >= 4 is 17.7 Å². The van der Waals surface area contributed by atoms with Gasteiger partial charge in [-0.05, 0) is 61.0 Å². The molecule has 0 saturated carbocycles. The molecule has 9 heteroatoms. The first-order valence-electron chi connectivity index (χ1n) is 11.0. The first kappa shape index (κ1) is 24.3. The molecular weight excluding hydrogens is 467 g/mol. The highest BCUT2D eigenvalue weighted by Crippen LogP contribution is 2.28. The number of ether oxygens (including phenoxy) is 2. The number of carbonyl (C=O) groups is 1. The van der Waals surface area contributed by atoms with E-state index in [4.69, 9.17) is 9.47 Å². The molecule has 0 radical (unpaired) electrons. The average molecular weight is 493 g/mol. The van der Waals surface area contributed by atoms with Crippen molar-refractivity contribution < 1.29 is 18.7 Å². The molecule has 0 spiro atoms. The van der Waals surface area contributed by atoms with E-state index in [1.165, 1.54) is 23.9 Å². The second-order valence-electron chi connectivity index (χ2n) is 7.64. The molecule has 1 amide bonds. The number of nitrogens with zero attached hydrogens (tertiary/aromatic N) is 3. The molecule has 35 heavy (non-hydrogen) atoms. The number of hydrogen-bond acceptors (Lipinski definition) is 6. The lowest BCUT2D eigenvalue weighted by Crippen LogP contribution is -2.24. The Bertz CT molecular complexity index is 1250. The molecule has 1 N–H and O–H groups in total. The highest BCUT2D eigenvalue weighted by molar-refractivity contribution is 7.99. The highest BCUT2D eigenvalue weighted by Gasteiger charge is 2.21. The molecular formula is C26H25FN4O3S. The Morgan fingerprint density at radius 3 is 2.37 bits per heavy atom. The van der Waals surface area contributed by atoms with Crippen molar-refractivity contribution in [2.45, 2.75) is 24.7 Å². The normalized spacial score (nSPS) is 11.6. The van der Waals surface area contributed by atoms with Gasteiger partial charge >= 0.3 is 0 Å². The van der Waals surface area contributed by atoms with E-state index >= 15 is 0 Å². The van der Waals surface area contributed by atoms with E-state index in [1.807, 2.05) is 66.1 Å². The van der Waals surface area contributed by atoms with Crippen LogP contribution in [-0.4, -0.2) is 33.5 Å². The molecule has 1 heterocycles. The maximum Gasteiger partial charge on any atom is 0.230 e. The van der Waals surface area contributed by atoms with Crippen molar-refractivity contribution in [3.05, 3.63) is 96.1 Å². The summed E-state index contributed by atoms with van der Waals surface area (Å²) in [6.45, 7) is 2.27. The number of halogens is 1. The van der Waals surface area contributed by atoms with E-state index in [-0.39, 0.29) is 17.5 Å². The van der Waals surface area contributed by atoms with E-state index in [9.17, 15) is 9.18 Å². The predicted molar refractivity (Wildman–Crippen MR) is 132 cm³/mol. The number of rotatable bonds is 10. The van der Waals surface area contributed by atoms with E-state index in [1.54, 1.807) is 19.2 Å². The summed E-state index contributed by atoms with van der Waals surface area (Å²) in [5, 5.41) is 12.2. The Balaban J connectivity index is 1.45. The molecule has 0 saturated heterocycles. The molecule has 1 unspecified atom stereocenters. The van der Waals surface area contributed by atoms with E-state index in [2.05, 4.69) is 15.5 Å². The fourth-order valence-electron chi connectivity index (χ4n) is 3.35. The van der Waals surface area contributed by atoms with Crippen molar-refractivity contribution in [2.24, 2.45) is 0 Å². The van der Waals surface area contributed by atoms with Crippen molar-refractivity contribution in [3.8, 4) is 17.2 Å². The monoisotopic (exact) mass is 492 g/mol. The minimum Gasteiger partial charge on any atom is -0.497 e. The second kappa shape index (κ2) is 11.5. The molecule has 0 fully saturated rings. The Hall–Kier alpha value is -3.85. The van der Waals surface area contributed by atoms with E-state index in [0.717, 1.165) is 17.0 Å². The summed E-state index contributed by atoms with van der Waals surface area (Å²) >= 11 is 1.29. The fourth-order valence-corrected chi connectivity index (χ4v) is 4.14. The van der Waals surface area contributed by atoms with Crippen LogP contribution in [0.5, 0.6) is 11.5 Å². The van der Waals surface area contributed by atoms with Crippen LogP contribution in [0, 0.1) is 5.82 Å². The van der Waals surface area contributed by atoms with Gasteiger partial charge in [0.15, 0.2) is 17.1 Å². The standard InChI is InChI=1S/C26H25FN4O3S/c1-18(34-23-14-10-20(27)11-15-23)25-29-30-26(31(25)21-6-4-3-5-7-21)35-17-24(32)28-16-19-8-12-22(33-2)13-9-19/h3-15,18H,16-17H2,1-2H3,(H,28,32). The van der Waals surface area contributed by atoms with Gasteiger partial charge in [0.2, 0.25) is 5.91 Å². The molecule has 7 nitrogen and oxygen atoms in total. The van der Waals surface area contributed by atoms with Gasteiger partial charge in [0, 0.05) is 12.2 Å². The van der Waals surface area contributed by atoms with E-state index in [0.29, 0.717) is 23.3 Å². The maximum atomic E-state index is 13.2. The van der Waals surface area contributed by atoms with Gasteiger partial charge in [-0.25, -0.2) is 4.39 Å². The number of nitrogens with one attached hydrogen (secondary N) is 1. The number of benzene rings is 3. The topological polar surface area (TPSA) is 78.3 Å². The van der Waals surface area contributed by atoms with E-state index < -0.39 is 6.10 Å². The van der Waals surface area contributed by atoms with Gasteiger partial charge < -0.3 is 14.8 Å². The lowest BCUT2D eigenvalue weighted by Gasteiger charge is -2.16. The summed E-state index contributed by atoms with van der Waals surface area (Å²) < 4.78 is 26.2. The van der Waals surface area contributed by atoms with Gasteiger partial charge in [-0.1, -0.05) is 42.1 Å². The zero-order valence-corrected chi connectivity index (χ0v) is 20.2. The van der Waals surface area contributed by atoms with Crippen LogP contribution in [-0.2, 0) is 11.3 Å². The number of para-hydroxylation sites is 1. The van der Waals surface area contributed by atoms with Crippen molar-refractivity contribution in [2.75, 3.05) is 12.9 Å². The second-order valence-corrected chi connectivity index (χ2v) is 8.58.